The van der Waals surface area contributed by atoms with E-state index >= 15 is 0 Å². The number of carbonyl (C=O) groups is 2. The molecule has 0 bridgehead atoms. The molecule has 1 fully saturated rings. The molecule has 2 aromatic rings. The van der Waals surface area contributed by atoms with Gasteiger partial charge >= 0.3 is 0 Å². The van der Waals surface area contributed by atoms with Gasteiger partial charge in [-0.25, -0.2) is 0 Å². The molecular weight excluding hydrogens is 318 g/mol. The summed E-state index contributed by atoms with van der Waals surface area (Å²) >= 11 is 0. The van der Waals surface area contributed by atoms with Crippen molar-refractivity contribution in [1.29, 1.82) is 0 Å². The van der Waals surface area contributed by atoms with Gasteiger partial charge in [0.05, 0.1) is 18.2 Å². The molecule has 0 spiro atoms. The van der Waals surface area contributed by atoms with Crippen LogP contribution >= 0.6 is 0 Å². The number of benzene rings is 1. The smallest absolute Gasteiger partial charge is 0.257 e. The monoisotopic (exact) mass is 341 g/mol. The Morgan fingerprint density at radius 2 is 1.64 bits per heavy atom. The fraction of sp³-hybridized carbons (Fsp3) is 0.368. The van der Waals surface area contributed by atoms with Gasteiger partial charge in [0.1, 0.15) is 5.75 Å². The van der Waals surface area contributed by atoms with Crippen LogP contribution in [0.4, 0.5) is 0 Å². The Balaban J connectivity index is 1.67. The molecule has 0 radical (unpaired) electrons. The predicted octanol–water partition coefficient (Wildman–Crippen LogP) is 1.94. The summed E-state index contributed by atoms with van der Waals surface area (Å²) in [5, 5.41) is 0. The highest BCUT2D eigenvalue weighted by atomic mass is 16.5. The van der Waals surface area contributed by atoms with Crippen molar-refractivity contribution in [3.63, 3.8) is 0 Å². The van der Waals surface area contributed by atoms with Crippen molar-refractivity contribution in [3.8, 4) is 5.75 Å². The number of aryl methyl sites for hydroxylation is 2. The Bertz CT molecular complexity index is 789. The van der Waals surface area contributed by atoms with E-state index in [4.69, 9.17) is 4.74 Å². The molecule has 0 atom stereocenters. The van der Waals surface area contributed by atoms with E-state index in [1.54, 1.807) is 16.9 Å². The standard InChI is InChI=1S/C19H23N3O3/c1-14-4-5-17(25-3)16(12-14)19(24)22-10-8-21(9-11-22)18(23)15-6-7-20(2)13-15/h4-7,12-13H,8-11H2,1-3H3. The zero-order valence-corrected chi connectivity index (χ0v) is 14.9. The summed E-state index contributed by atoms with van der Waals surface area (Å²) in [5.74, 6) is 0.548. The van der Waals surface area contributed by atoms with Crippen molar-refractivity contribution >= 4 is 11.8 Å². The number of carbonyl (C=O) groups excluding carboxylic acids is 2. The van der Waals surface area contributed by atoms with E-state index in [9.17, 15) is 9.59 Å². The summed E-state index contributed by atoms with van der Waals surface area (Å²) in [6.07, 6.45) is 3.68. The third-order valence-corrected chi connectivity index (χ3v) is 4.52. The van der Waals surface area contributed by atoms with Crippen LogP contribution in [-0.2, 0) is 7.05 Å². The molecule has 1 aliphatic rings. The summed E-state index contributed by atoms with van der Waals surface area (Å²) in [5.41, 5.74) is 2.27. The molecule has 2 amide bonds. The van der Waals surface area contributed by atoms with Crippen LogP contribution in [0, 0.1) is 6.92 Å². The summed E-state index contributed by atoms with van der Waals surface area (Å²) in [7, 11) is 3.46. The Labute approximate surface area is 147 Å². The maximum Gasteiger partial charge on any atom is 0.257 e. The van der Waals surface area contributed by atoms with Gasteiger partial charge in [0, 0.05) is 45.6 Å². The van der Waals surface area contributed by atoms with Gasteiger partial charge in [-0.2, -0.15) is 0 Å². The minimum absolute atomic E-state index is 0.0147. The number of piperazine rings is 1. The quantitative estimate of drug-likeness (QED) is 0.857. The molecule has 6 nitrogen and oxygen atoms in total. The first-order chi connectivity index (χ1) is 12.0. The van der Waals surface area contributed by atoms with Gasteiger partial charge in [0.15, 0.2) is 0 Å². The fourth-order valence-electron chi connectivity index (χ4n) is 3.08. The van der Waals surface area contributed by atoms with Gasteiger partial charge in [0.25, 0.3) is 11.8 Å². The van der Waals surface area contributed by atoms with Gasteiger partial charge in [-0.3, -0.25) is 9.59 Å². The molecular formula is C19H23N3O3. The number of rotatable bonds is 3. The zero-order valence-electron chi connectivity index (χ0n) is 14.9. The molecule has 0 saturated carbocycles. The Kier molecular flexibility index (Phi) is 4.79. The summed E-state index contributed by atoms with van der Waals surface area (Å²) in [4.78, 5) is 28.9. The molecule has 0 unspecified atom stereocenters. The fourth-order valence-corrected chi connectivity index (χ4v) is 3.08. The van der Waals surface area contributed by atoms with Crippen LogP contribution < -0.4 is 4.74 Å². The van der Waals surface area contributed by atoms with Crippen molar-refractivity contribution in [2.24, 2.45) is 7.05 Å². The van der Waals surface area contributed by atoms with Gasteiger partial charge in [-0.1, -0.05) is 11.6 Å². The van der Waals surface area contributed by atoms with E-state index in [2.05, 4.69) is 0 Å². The highest BCUT2D eigenvalue weighted by molar-refractivity contribution is 5.98. The molecule has 3 rings (SSSR count). The van der Waals surface area contributed by atoms with Crippen LogP contribution in [0.1, 0.15) is 26.3 Å². The molecule has 132 valence electrons. The maximum absolute atomic E-state index is 12.8. The molecule has 1 aliphatic heterocycles. The minimum Gasteiger partial charge on any atom is -0.496 e. The number of amides is 2. The van der Waals surface area contributed by atoms with E-state index < -0.39 is 0 Å². The maximum atomic E-state index is 12.8. The molecule has 0 N–H and O–H groups in total. The number of aromatic nitrogens is 1. The van der Waals surface area contributed by atoms with E-state index in [-0.39, 0.29) is 11.8 Å². The predicted molar refractivity (Wildman–Crippen MR) is 95.0 cm³/mol. The van der Waals surface area contributed by atoms with Gasteiger partial charge < -0.3 is 19.1 Å². The van der Waals surface area contributed by atoms with Crippen molar-refractivity contribution in [2.75, 3.05) is 33.3 Å². The van der Waals surface area contributed by atoms with Crippen molar-refractivity contribution in [1.82, 2.24) is 14.4 Å². The zero-order chi connectivity index (χ0) is 18.0. The first-order valence-corrected chi connectivity index (χ1v) is 8.35. The molecule has 25 heavy (non-hydrogen) atoms. The van der Waals surface area contributed by atoms with E-state index in [0.717, 1.165) is 5.56 Å². The second-order valence-electron chi connectivity index (χ2n) is 6.35. The number of nitrogens with zero attached hydrogens (tertiary/aromatic N) is 3. The summed E-state index contributed by atoms with van der Waals surface area (Å²) in [6, 6.07) is 7.41. The number of methoxy groups -OCH3 is 1. The van der Waals surface area contributed by atoms with Crippen LogP contribution in [0.5, 0.6) is 5.75 Å². The molecule has 2 heterocycles. The number of hydrogen-bond acceptors (Lipinski definition) is 3. The third-order valence-electron chi connectivity index (χ3n) is 4.52. The van der Waals surface area contributed by atoms with Crippen molar-refractivity contribution in [2.45, 2.75) is 6.92 Å². The van der Waals surface area contributed by atoms with E-state index in [0.29, 0.717) is 43.1 Å². The molecule has 1 aromatic heterocycles. The lowest BCUT2D eigenvalue weighted by molar-refractivity contribution is 0.0533. The number of ether oxygens (including phenoxy) is 1. The Hall–Kier alpha value is -2.76. The number of hydrogen-bond donors (Lipinski definition) is 0. The Morgan fingerprint density at radius 3 is 2.20 bits per heavy atom. The lowest BCUT2D eigenvalue weighted by atomic mass is 10.1. The van der Waals surface area contributed by atoms with Crippen LogP contribution in [0.3, 0.4) is 0 Å². The average Bonchev–Trinajstić information content (AvgIpc) is 3.07. The normalized spacial score (nSPS) is 14.5. The van der Waals surface area contributed by atoms with E-state index in [1.165, 1.54) is 0 Å². The second kappa shape index (κ2) is 7.01. The van der Waals surface area contributed by atoms with Gasteiger partial charge in [0.2, 0.25) is 0 Å². The lowest BCUT2D eigenvalue weighted by Crippen LogP contribution is -2.50. The van der Waals surface area contributed by atoms with Crippen LogP contribution in [0.25, 0.3) is 0 Å². The second-order valence-corrected chi connectivity index (χ2v) is 6.35. The topological polar surface area (TPSA) is 54.8 Å². The third kappa shape index (κ3) is 3.52. The highest BCUT2D eigenvalue weighted by Gasteiger charge is 2.27. The van der Waals surface area contributed by atoms with Crippen LogP contribution in [-0.4, -0.2) is 59.5 Å². The lowest BCUT2D eigenvalue weighted by Gasteiger charge is -2.35. The Morgan fingerprint density at radius 1 is 1.00 bits per heavy atom. The molecule has 1 saturated heterocycles. The first-order valence-electron chi connectivity index (χ1n) is 8.35. The SMILES string of the molecule is COc1ccc(C)cc1C(=O)N1CCN(C(=O)c2ccn(C)c2)CC1. The highest BCUT2D eigenvalue weighted by Crippen LogP contribution is 2.22. The molecule has 6 heteroatoms. The van der Waals surface area contributed by atoms with Crippen LogP contribution in [0.15, 0.2) is 36.7 Å². The van der Waals surface area contributed by atoms with Gasteiger partial charge in [-0.05, 0) is 25.1 Å². The first kappa shape index (κ1) is 17.1. The molecule has 0 aliphatic carbocycles. The van der Waals surface area contributed by atoms with Crippen LogP contribution in [0.2, 0.25) is 0 Å². The van der Waals surface area contributed by atoms with Crippen molar-refractivity contribution < 1.29 is 14.3 Å². The average molecular weight is 341 g/mol. The van der Waals surface area contributed by atoms with Crippen molar-refractivity contribution in [3.05, 3.63) is 53.3 Å². The van der Waals surface area contributed by atoms with Gasteiger partial charge in [-0.15, -0.1) is 0 Å². The molecule has 1 aromatic carbocycles. The van der Waals surface area contributed by atoms with E-state index in [1.807, 2.05) is 55.2 Å². The summed E-state index contributed by atoms with van der Waals surface area (Å²) in [6.45, 7) is 4.07. The largest absolute Gasteiger partial charge is 0.496 e. The summed E-state index contributed by atoms with van der Waals surface area (Å²) < 4.78 is 7.18. The minimum atomic E-state index is -0.0487.